The van der Waals surface area contributed by atoms with Gasteiger partial charge in [-0.15, -0.1) is 0 Å². The highest BCUT2D eigenvalue weighted by Crippen LogP contribution is 2.21. The molecule has 0 aliphatic heterocycles. The van der Waals surface area contributed by atoms with E-state index in [0.717, 1.165) is 0 Å². The minimum atomic E-state index is -0.528. The normalized spacial score (nSPS) is 10.3. The highest BCUT2D eigenvalue weighted by atomic mass is 16.5. The van der Waals surface area contributed by atoms with Gasteiger partial charge in [-0.25, -0.2) is 9.78 Å². The predicted octanol–water partition coefficient (Wildman–Crippen LogP) is 1.54. The zero-order chi connectivity index (χ0) is 12.4. The molecule has 0 aliphatic carbocycles. The molecule has 2 aromatic heterocycles. The Morgan fingerprint density at radius 3 is 2.65 bits per heavy atom. The van der Waals surface area contributed by atoms with Gasteiger partial charge >= 0.3 is 5.97 Å². The lowest BCUT2D eigenvalue weighted by Crippen LogP contribution is -2.07. The van der Waals surface area contributed by atoms with Crippen molar-refractivity contribution in [3.8, 4) is 11.5 Å². The van der Waals surface area contributed by atoms with Crippen LogP contribution in [0.1, 0.15) is 22.0 Å². The summed E-state index contributed by atoms with van der Waals surface area (Å²) in [7, 11) is 1.30. The van der Waals surface area contributed by atoms with Crippen molar-refractivity contribution in [3.05, 3.63) is 29.3 Å². The number of nitrogens with zero attached hydrogens (tertiary/aromatic N) is 3. The predicted molar refractivity (Wildman–Crippen MR) is 58.3 cm³/mol. The molecule has 6 nitrogen and oxygen atoms in total. The number of carbonyl (C=O) groups is 1. The molecule has 0 fully saturated rings. The molecule has 6 heteroatoms. The van der Waals surface area contributed by atoms with E-state index < -0.39 is 5.97 Å². The minimum Gasteiger partial charge on any atom is -0.464 e. The summed E-state index contributed by atoms with van der Waals surface area (Å²) in [5.41, 5.74) is 1.37. The van der Waals surface area contributed by atoms with E-state index in [1.165, 1.54) is 7.11 Å². The topological polar surface area (TPSA) is 78.1 Å². The van der Waals surface area contributed by atoms with Gasteiger partial charge in [0.1, 0.15) is 0 Å². The number of methoxy groups -OCH3 is 1. The van der Waals surface area contributed by atoms with Crippen LogP contribution in [0.15, 0.2) is 16.7 Å². The van der Waals surface area contributed by atoms with Gasteiger partial charge in [-0.3, -0.25) is 0 Å². The van der Waals surface area contributed by atoms with E-state index in [1.54, 1.807) is 26.0 Å². The molecule has 0 radical (unpaired) electrons. The van der Waals surface area contributed by atoms with Crippen molar-refractivity contribution in [2.24, 2.45) is 0 Å². The molecule has 2 heterocycles. The number of aryl methyl sites for hydroxylation is 2. The number of pyridine rings is 1. The smallest absolute Gasteiger partial charge is 0.357 e. The monoisotopic (exact) mass is 233 g/mol. The van der Waals surface area contributed by atoms with Gasteiger partial charge in [-0.05, 0) is 26.0 Å². The van der Waals surface area contributed by atoms with Crippen molar-refractivity contribution in [2.75, 3.05) is 7.11 Å². The molecule has 0 unspecified atom stereocenters. The third-order valence-electron chi connectivity index (χ3n) is 2.17. The van der Waals surface area contributed by atoms with Crippen LogP contribution in [-0.2, 0) is 4.74 Å². The number of hydrogen-bond acceptors (Lipinski definition) is 6. The van der Waals surface area contributed by atoms with E-state index in [2.05, 4.69) is 19.9 Å². The summed E-state index contributed by atoms with van der Waals surface area (Å²) in [6.45, 7) is 3.49. The van der Waals surface area contributed by atoms with Crippen molar-refractivity contribution in [3.63, 3.8) is 0 Å². The largest absolute Gasteiger partial charge is 0.464 e. The summed E-state index contributed by atoms with van der Waals surface area (Å²) >= 11 is 0. The minimum absolute atomic E-state index is 0.177. The summed E-state index contributed by atoms with van der Waals surface area (Å²) in [6, 6.07) is 3.48. The molecule has 0 saturated carbocycles. The lowest BCUT2D eigenvalue weighted by atomic mass is 10.1. The van der Waals surface area contributed by atoms with Gasteiger partial charge in [-0.1, -0.05) is 5.16 Å². The lowest BCUT2D eigenvalue weighted by molar-refractivity contribution is 0.0594. The first-order valence-corrected chi connectivity index (χ1v) is 4.98. The molecule has 0 saturated heterocycles. The summed E-state index contributed by atoms with van der Waals surface area (Å²) < 4.78 is 9.69. The number of aromatic nitrogens is 3. The molecule has 0 bridgehead atoms. The van der Waals surface area contributed by atoms with Crippen LogP contribution in [0.4, 0.5) is 0 Å². The first kappa shape index (κ1) is 11.3. The van der Waals surface area contributed by atoms with Crippen LogP contribution in [0.2, 0.25) is 0 Å². The Bertz CT molecular complexity index is 563. The third kappa shape index (κ3) is 2.15. The lowest BCUT2D eigenvalue weighted by Gasteiger charge is -2.03. The number of hydrogen-bond donors (Lipinski definition) is 0. The Morgan fingerprint density at radius 2 is 2.06 bits per heavy atom. The Labute approximate surface area is 97.6 Å². The van der Waals surface area contributed by atoms with Gasteiger partial charge in [0, 0.05) is 5.69 Å². The number of rotatable bonds is 2. The van der Waals surface area contributed by atoms with Gasteiger partial charge in [0.2, 0.25) is 0 Å². The standard InChI is InChI=1S/C11H11N3O3/c1-6-4-5-8(9(12-6)11(15)16-3)10-13-7(2)14-17-10/h4-5H,1-3H3. The number of ether oxygens (including phenoxy) is 1. The maximum Gasteiger partial charge on any atom is 0.357 e. The van der Waals surface area contributed by atoms with Gasteiger partial charge < -0.3 is 9.26 Å². The zero-order valence-corrected chi connectivity index (χ0v) is 9.72. The highest BCUT2D eigenvalue weighted by molar-refractivity contribution is 5.93. The third-order valence-corrected chi connectivity index (χ3v) is 2.17. The van der Waals surface area contributed by atoms with Gasteiger partial charge in [0.25, 0.3) is 5.89 Å². The first-order valence-electron chi connectivity index (χ1n) is 4.98. The van der Waals surface area contributed by atoms with E-state index in [0.29, 0.717) is 17.1 Å². The van der Waals surface area contributed by atoms with Crippen LogP contribution >= 0.6 is 0 Å². The summed E-state index contributed by atoms with van der Waals surface area (Å²) in [6.07, 6.45) is 0. The molecule has 0 aromatic carbocycles. The molecule has 88 valence electrons. The van der Waals surface area contributed by atoms with E-state index >= 15 is 0 Å². The molecular formula is C11H11N3O3. The van der Waals surface area contributed by atoms with Crippen molar-refractivity contribution < 1.29 is 14.1 Å². The fourth-order valence-electron chi connectivity index (χ4n) is 1.39. The summed E-state index contributed by atoms with van der Waals surface area (Å²) in [4.78, 5) is 19.8. The number of esters is 1. The fraction of sp³-hybridized carbons (Fsp3) is 0.273. The Balaban J connectivity index is 2.57. The fourth-order valence-corrected chi connectivity index (χ4v) is 1.39. The average molecular weight is 233 g/mol. The van der Waals surface area contributed by atoms with E-state index in [-0.39, 0.29) is 11.6 Å². The molecule has 0 amide bonds. The molecule has 2 rings (SSSR count). The Morgan fingerprint density at radius 1 is 1.29 bits per heavy atom. The van der Waals surface area contributed by atoms with Gasteiger partial charge in [-0.2, -0.15) is 4.98 Å². The van der Waals surface area contributed by atoms with E-state index in [4.69, 9.17) is 4.52 Å². The van der Waals surface area contributed by atoms with Crippen LogP contribution in [0, 0.1) is 13.8 Å². The molecule has 17 heavy (non-hydrogen) atoms. The first-order chi connectivity index (χ1) is 8.11. The van der Waals surface area contributed by atoms with Crippen LogP contribution in [0.5, 0.6) is 0 Å². The molecule has 2 aromatic rings. The quantitative estimate of drug-likeness (QED) is 0.732. The Kier molecular flexibility index (Phi) is 2.86. The highest BCUT2D eigenvalue weighted by Gasteiger charge is 2.19. The van der Waals surface area contributed by atoms with Crippen LogP contribution in [-0.4, -0.2) is 28.2 Å². The van der Waals surface area contributed by atoms with Crippen molar-refractivity contribution >= 4 is 5.97 Å². The molecule has 0 aliphatic rings. The van der Waals surface area contributed by atoms with Crippen LogP contribution in [0.25, 0.3) is 11.5 Å². The molecule has 0 spiro atoms. The SMILES string of the molecule is COC(=O)c1nc(C)ccc1-c1nc(C)no1. The average Bonchev–Trinajstić information content (AvgIpc) is 2.74. The zero-order valence-electron chi connectivity index (χ0n) is 9.72. The molecule has 0 N–H and O–H groups in total. The second kappa shape index (κ2) is 4.32. The van der Waals surface area contributed by atoms with Crippen molar-refractivity contribution in [1.82, 2.24) is 15.1 Å². The molecule has 0 atom stereocenters. The van der Waals surface area contributed by atoms with Crippen LogP contribution < -0.4 is 0 Å². The van der Waals surface area contributed by atoms with Gasteiger partial charge in [0.15, 0.2) is 11.5 Å². The Hall–Kier alpha value is -2.24. The van der Waals surface area contributed by atoms with Crippen molar-refractivity contribution in [2.45, 2.75) is 13.8 Å². The van der Waals surface area contributed by atoms with E-state index in [9.17, 15) is 4.79 Å². The maximum absolute atomic E-state index is 11.6. The second-order valence-electron chi connectivity index (χ2n) is 3.49. The van der Waals surface area contributed by atoms with Crippen molar-refractivity contribution in [1.29, 1.82) is 0 Å². The summed E-state index contributed by atoms with van der Waals surface area (Å²) in [5.74, 6) is 0.228. The second-order valence-corrected chi connectivity index (χ2v) is 3.49. The van der Waals surface area contributed by atoms with Gasteiger partial charge in [0.05, 0.1) is 12.7 Å². The molecular weight excluding hydrogens is 222 g/mol. The number of carbonyl (C=O) groups excluding carboxylic acids is 1. The summed E-state index contributed by atoms with van der Waals surface area (Å²) in [5, 5.41) is 3.68. The maximum atomic E-state index is 11.6. The van der Waals surface area contributed by atoms with Crippen LogP contribution in [0.3, 0.4) is 0 Å². The van der Waals surface area contributed by atoms with E-state index in [1.807, 2.05) is 0 Å².